The van der Waals surface area contributed by atoms with Gasteiger partial charge in [-0.3, -0.25) is 4.98 Å². The Balaban J connectivity index is 1.28. The highest BCUT2D eigenvalue weighted by molar-refractivity contribution is 5.81. The molecule has 44 heavy (non-hydrogen) atoms. The maximum Gasteiger partial charge on any atom is 0.433 e. The molecular formula is C30H19F7N6O. The first-order valence-electron chi connectivity index (χ1n) is 12.8. The molecule has 6 rings (SSSR count). The van der Waals surface area contributed by atoms with Gasteiger partial charge < -0.3 is 19.6 Å². The molecule has 3 aromatic heterocycles. The van der Waals surface area contributed by atoms with E-state index < -0.39 is 35.1 Å². The summed E-state index contributed by atoms with van der Waals surface area (Å²) in [5.74, 6) is -0.392. The first-order valence-corrected chi connectivity index (χ1v) is 12.8. The minimum Gasteiger partial charge on any atom is -0.457 e. The topological polar surface area (TPSA) is 80.7 Å². The molecule has 0 saturated heterocycles. The van der Waals surface area contributed by atoms with Crippen molar-refractivity contribution in [3.05, 3.63) is 102 Å². The molecule has 14 heteroatoms. The van der Waals surface area contributed by atoms with Crippen molar-refractivity contribution in [1.29, 1.82) is 0 Å². The fraction of sp³-hybridized carbons (Fsp3) is 0.100. The Hall–Kier alpha value is -5.40. The third-order valence-electron chi connectivity index (χ3n) is 6.64. The normalized spacial score (nSPS) is 12.1. The van der Waals surface area contributed by atoms with Crippen molar-refractivity contribution in [2.75, 3.05) is 5.32 Å². The lowest BCUT2D eigenvalue weighted by Gasteiger charge is -2.11. The number of H-pyrrole nitrogens is 1. The van der Waals surface area contributed by atoms with E-state index >= 15 is 0 Å². The fourth-order valence-electron chi connectivity index (χ4n) is 4.52. The molecule has 0 aliphatic heterocycles. The van der Waals surface area contributed by atoms with Gasteiger partial charge >= 0.3 is 12.4 Å². The van der Waals surface area contributed by atoms with Crippen LogP contribution in [0.15, 0.2) is 85.1 Å². The van der Waals surface area contributed by atoms with Gasteiger partial charge in [0.25, 0.3) is 0 Å². The molecule has 0 aliphatic rings. The lowest BCUT2D eigenvalue weighted by atomic mass is 10.1. The van der Waals surface area contributed by atoms with Crippen LogP contribution >= 0.6 is 0 Å². The number of hydrogen-bond donors (Lipinski definition) is 2. The van der Waals surface area contributed by atoms with E-state index in [4.69, 9.17) is 4.74 Å². The van der Waals surface area contributed by atoms with Crippen molar-refractivity contribution in [3.63, 3.8) is 0 Å². The zero-order chi connectivity index (χ0) is 31.2. The molecule has 7 nitrogen and oxygen atoms in total. The van der Waals surface area contributed by atoms with E-state index in [0.717, 1.165) is 6.07 Å². The summed E-state index contributed by atoms with van der Waals surface area (Å²) in [6, 6.07) is 17.7. The molecule has 0 saturated carbocycles. The van der Waals surface area contributed by atoms with Crippen LogP contribution in [0.3, 0.4) is 0 Å². The predicted octanol–water partition coefficient (Wildman–Crippen LogP) is 8.74. The number of ether oxygens (including phenoxy) is 1. The Bertz CT molecular complexity index is 1980. The van der Waals surface area contributed by atoms with Gasteiger partial charge in [-0.25, -0.2) is 14.4 Å². The van der Waals surface area contributed by atoms with Crippen LogP contribution in [0, 0.1) is 5.82 Å². The van der Waals surface area contributed by atoms with Crippen molar-refractivity contribution < 1.29 is 35.5 Å². The van der Waals surface area contributed by atoms with Crippen LogP contribution in [-0.4, -0.2) is 24.5 Å². The number of fused-ring (bicyclic) bond motifs is 1. The molecule has 0 aliphatic carbocycles. The highest BCUT2D eigenvalue weighted by Crippen LogP contribution is 2.38. The lowest BCUT2D eigenvalue weighted by Crippen LogP contribution is -2.07. The highest BCUT2D eigenvalue weighted by Gasteiger charge is 2.37. The van der Waals surface area contributed by atoms with Crippen molar-refractivity contribution in [3.8, 4) is 34.3 Å². The van der Waals surface area contributed by atoms with E-state index in [2.05, 4.69) is 25.3 Å². The van der Waals surface area contributed by atoms with Crippen molar-refractivity contribution >= 4 is 22.7 Å². The summed E-state index contributed by atoms with van der Waals surface area (Å²) in [5, 5.41) is 2.60. The molecule has 0 fully saturated rings. The summed E-state index contributed by atoms with van der Waals surface area (Å²) in [5.41, 5.74) is -1.38. The van der Waals surface area contributed by atoms with Gasteiger partial charge in [0.15, 0.2) is 5.82 Å². The second kappa shape index (κ2) is 10.7. The zero-order valence-corrected chi connectivity index (χ0v) is 22.4. The van der Waals surface area contributed by atoms with Crippen LogP contribution in [0.5, 0.6) is 11.5 Å². The third-order valence-corrected chi connectivity index (χ3v) is 6.64. The number of halogens is 7. The summed E-state index contributed by atoms with van der Waals surface area (Å²) in [4.78, 5) is 15.0. The number of aryl methyl sites for hydroxylation is 1. The van der Waals surface area contributed by atoms with Gasteiger partial charge in [-0.15, -0.1) is 0 Å². The van der Waals surface area contributed by atoms with Gasteiger partial charge in [0.05, 0.1) is 22.3 Å². The standard InChI is InChI=1S/C30H19F7N6O/c1-43-24-10-8-18(14-22(24)40-28(43)39-21-13-17(29(32,33)34)7-9-20(21)31)44-19-11-12-38-23(15-19)27-41-25(16-5-3-2-4-6-16)26(42-27)30(35,36)37/h2-15H,1H3,(H,39,40)(H,41,42). The van der Waals surface area contributed by atoms with Gasteiger partial charge in [0.1, 0.15) is 34.4 Å². The molecule has 6 aromatic rings. The number of alkyl halides is 6. The number of anilines is 2. The maximum atomic E-state index is 14.3. The first-order chi connectivity index (χ1) is 20.9. The molecule has 2 N–H and O–H groups in total. The van der Waals surface area contributed by atoms with Crippen LogP contribution in [0.1, 0.15) is 11.3 Å². The number of nitrogens with one attached hydrogen (secondary N) is 2. The quantitative estimate of drug-likeness (QED) is 0.184. The van der Waals surface area contributed by atoms with Crippen LogP contribution < -0.4 is 10.1 Å². The predicted molar refractivity (Wildman–Crippen MR) is 148 cm³/mol. The molecular weight excluding hydrogens is 593 g/mol. The zero-order valence-electron chi connectivity index (χ0n) is 22.4. The molecule has 0 bridgehead atoms. The highest BCUT2D eigenvalue weighted by atomic mass is 19.4. The van der Waals surface area contributed by atoms with E-state index in [9.17, 15) is 30.7 Å². The van der Waals surface area contributed by atoms with Crippen molar-refractivity contribution in [2.24, 2.45) is 7.05 Å². The largest absolute Gasteiger partial charge is 0.457 e. The number of imidazole rings is 2. The summed E-state index contributed by atoms with van der Waals surface area (Å²) in [6.07, 6.45) is -7.99. The molecule has 0 amide bonds. The SMILES string of the molecule is Cn1c(Nc2cc(C(F)(F)F)ccc2F)nc2cc(Oc3ccnc(-c4nc(-c5ccccc5)c(C(F)(F)F)[nH]4)c3)ccc21. The van der Waals surface area contributed by atoms with Gasteiger partial charge in [-0.1, -0.05) is 30.3 Å². The molecule has 3 heterocycles. The van der Waals surface area contributed by atoms with E-state index in [1.54, 1.807) is 43.4 Å². The summed E-state index contributed by atoms with van der Waals surface area (Å²) < 4.78 is 103. The Kier molecular flexibility index (Phi) is 6.98. The average molecular weight is 613 g/mol. The maximum absolute atomic E-state index is 14.3. The molecule has 3 aromatic carbocycles. The molecule has 0 radical (unpaired) electrons. The average Bonchev–Trinajstić information content (AvgIpc) is 3.56. The van der Waals surface area contributed by atoms with Gasteiger partial charge in [-0.05, 0) is 36.4 Å². The van der Waals surface area contributed by atoms with E-state index in [-0.39, 0.29) is 34.5 Å². The Morgan fingerprint density at radius 3 is 2.30 bits per heavy atom. The van der Waals surface area contributed by atoms with Crippen molar-refractivity contribution in [2.45, 2.75) is 12.4 Å². The van der Waals surface area contributed by atoms with Crippen LogP contribution in [0.4, 0.5) is 42.4 Å². The van der Waals surface area contributed by atoms with Gasteiger partial charge in [0.2, 0.25) is 5.95 Å². The molecule has 224 valence electrons. The second-order valence-electron chi connectivity index (χ2n) is 9.61. The molecule has 0 unspecified atom stereocenters. The van der Waals surface area contributed by atoms with Crippen LogP contribution in [0.25, 0.3) is 33.8 Å². The number of aromatic nitrogens is 5. The van der Waals surface area contributed by atoms with Crippen molar-refractivity contribution in [1.82, 2.24) is 24.5 Å². The van der Waals surface area contributed by atoms with Crippen LogP contribution in [0.2, 0.25) is 0 Å². The number of rotatable bonds is 6. The number of hydrogen-bond acceptors (Lipinski definition) is 5. The van der Waals surface area contributed by atoms with Gasteiger partial charge in [0, 0.05) is 30.9 Å². The summed E-state index contributed by atoms with van der Waals surface area (Å²) in [7, 11) is 1.60. The third kappa shape index (κ3) is 5.65. The Morgan fingerprint density at radius 2 is 1.57 bits per heavy atom. The van der Waals surface area contributed by atoms with E-state index in [0.29, 0.717) is 28.9 Å². The minimum absolute atomic E-state index is 0.0779. The monoisotopic (exact) mass is 612 g/mol. The number of aromatic amines is 1. The fourth-order valence-corrected chi connectivity index (χ4v) is 4.52. The van der Waals surface area contributed by atoms with Gasteiger partial charge in [-0.2, -0.15) is 26.3 Å². The summed E-state index contributed by atoms with van der Waals surface area (Å²) >= 11 is 0. The summed E-state index contributed by atoms with van der Waals surface area (Å²) in [6.45, 7) is 0. The molecule has 0 spiro atoms. The lowest BCUT2D eigenvalue weighted by molar-refractivity contribution is -0.140. The smallest absolute Gasteiger partial charge is 0.433 e. The molecule has 0 atom stereocenters. The number of pyridine rings is 1. The van der Waals surface area contributed by atoms with Crippen LogP contribution in [-0.2, 0) is 19.4 Å². The second-order valence-corrected chi connectivity index (χ2v) is 9.61. The Morgan fingerprint density at radius 1 is 0.818 bits per heavy atom. The number of benzene rings is 3. The number of nitrogens with zero attached hydrogens (tertiary/aromatic N) is 4. The van der Waals surface area contributed by atoms with E-state index in [1.807, 2.05) is 0 Å². The Labute approximate surface area is 244 Å². The first kappa shape index (κ1) is 28.7. The van der Waals surface area contributed by atoms with E-state index in [1.165, 1.54) is 35.0 Å². The minimum atomic E-state index is -4.69.